The van der Waals surface area contributed by atoms with Crippen molar-refractivity contribution in [3.05, 3.63) is 34.9 Å². The second-order valence-corrected chi connectivity index (χ2v) is 5.76. The Morgan fingerprint density at radius 2 is 2.41 bits per heavy atom. The zero-order valence-electron chi connectivity index (χ0n) is 12.7. The maximum Gasteiger partial charge on any atom is 0.409 e. The summed E-state index contributed by atoms with van der Waals surface area (Å²) in [6.07, 6.45) is 0.174. The highest BCUT2D eigenvalue weighted by atomic mass is 35.5. The third kappa shape index (κ3) is 4.60. The zero-order chi connectivity index (χ0) is 15.9. The molecule has 22 heavy (non-hydrogen) atoms. The minimum atomic E-state index is -0.829. The monoisotopic (exact) mass is 327 g/mol. The molecule has 2 atom stereocenters. The van der Waals surface area contributed by atoms with E-state index in [1.807, 2.05) is 6.92 Å². The summed E-state index contributed by atoms with van der Waals surface area (Å²) in [4.78, 5) is 13.6. The molecule has 1 aromatic rings. The number of halogens is 1. The van der Waals surface area contributed by atoms with Crippen LogP contribution in [0.15, 0.2) is 24.3 Å². The summed E-state index contributed by atoms with van der Waals surface area (Å²) in [5, 5.41) is 11.0. The number of benzene rings is 1. The number of aliphatic hydroxyl groups excluding tert-OH is 1. The van der Waals surface area contributed by atoms with Gasteiger partial charge in [0.1, 0.15) is 12.2 Å². The highest BCUT2D eigenvalue weighted by Gasteiger charge is 2.30. The number of carbonyl (C=O) groups excluding carboxylic acids is 1. The van der Waals surface area contributed by atoms with Gasteiger partial charge in [-0.05, 0) is 24.1 Å². The molecule has 0 saturated carbocycles. The van der Waals surface area contributed by atoms with Crippen LogP contribution in [0.3, 0.4) is 0 Å². The van der Waals surface area contributed by atoms with Crippen LogP contribution in [0.5, 0.6) is 0 Å². The number of hydrogen-bond donors (Lipinski definition) is 1. The molecule has 1 N–H and O–H groups in total. The van der Waals surface area contributed by atoms with E-state index in [1.165, 1.54) is 0 Å². The first-order valence-electron chi connectivity index (χ1n) is 7.58. The highest BCUT2D eigenvalue weighted by Crippen LogP contribution is 2.24. The van der Waals surface area contributed by atoms with Gasteiger partial charge in [-0.25, -0.2) is 4.79 Å². The molecule has 1 aromatic carbocycles. The van der Waals surface area contributed by atoms with E-state index < -0.39 is 12.2 Å². The molecular weight excluding hydrogens is 306 g/mol. The molecular formula is C16H22ClNO4. The van der Waals surface area contributed by atoms with Crippen molar-refractivity contribution in [1.82, 2.24) is 4.90 Å². The summed E-state index contributed by atoms with van der Waals surface area (Å²) < 4.78 is 10.8. The van der Waals surface area contributed by atoms with E-state index in [-0.39, 0.29) is 6.09 Å². The fourth-order valence-electron chi connectivity index (χ4n) is 2.33. The van der Waals surface area contributed by atoms with Crippen molar-refractivity contribution < 1.29 is 19.4 Å². The van der Waals surface area contributed by atoms with Gasteiger partial charge in [0.2, 0.25) is 0 Å². The van der Waals surface area contributed by atoms with Crippen LogP contribution >= 0.6 is 11.6 Å². The number of nitrogens with zero attached hydrogens (tertiary/aromatic N) is 1. The Morgan fingerprint density at radius 1 is 1.59 bits per heavy atom. The number of rotatable bonds is 5. The van der Waals surface area contributed by atoms with Crippen LogP contribution in [0.4, 0.5) is 4.79 Å². The molecule has 1 heterocycles. The number of aliphatic hydroxyl groups is 1. The number of morpholine rings is 1. The normalized spacial score (nSPS) is 19.8. The van der Waals surface area contributed by atoms with Gasteiger partial charge in [0.15, 0.2) is 0 Å². The Balaban J connectivity index is 1.93. The van der Waals surface area contributed by atoms with E-state index in [1.54, 1.807) is 29.2 Å². The lowest BCUT2D eigenvalue weighted by Crippen LogP contribution is -2.48. The van der Waals surface area contributed by atoms with Gasteiger partial charge in [0.05, 0.1) is 19.8 Å². The predicted molar refractivity (Wildman–Crippen MR) is 84.0 cm³/mol. The zero-order valence-corrected chi connectivity index (χ0v) is 13.5. The van der Waals surface area contributed by atoms with Crippen LogP contribution in [-0.4, -0.2) is 48.5 Å². The molecule has 1 saturated heterocycles. The Bertz CT molecular complexity index is 497. The third-order valence-electron chi connectivity index (χ3n) is 3.62. The molecule has 122 valence electrons. The molecule has 0 radical (unpaired) electrons. The summed E-state index contributed by atoms with van der Waals surface area (Å²) in [7, 11) is 0. The molecule has 1 fully saturated rings. The highest BCUT2D eigenvalue weighted by molar-refractivity contribution is 6.30. The van der Waals surface area contributed by atoms with Crippen LogP contribution < -0.4 is 0 Å². The topological polar surface area (TPSA) is 59.0 Å². The van der Waals surface area contributed by atoms with Crippen molar-refractivity contribution in [2.45, 2.75) is 32.0 Å². The van der Waals surface area contributed by atoms with Crippen LogP contribution in [-0.2, 0) is 9.47 Å². The quantitative estimate of drug-likeness (QED) is 0.845. The van der Waals surface area contributed by atoms with Crippen molar-refractivity contribution in [2.24, 2.45) is 0 Å². The maximum absolute atomic E-state index is 12.0. The second-order valence-electron chi connectivity index (χ2n) is 5.32. The van der Waals surface area contributed by atoms with Gasteiger partial charge in [-0.2, -0.15) is 0 Å². The molecule has 0 bridgehead atoms. The molecule has 5 nitrogen and oxygen atoms in total. The first-order valence-corrected chi connectivity index (χ1v) is 7.96. The molecule has 6 heteroatoms. The van der Waals surface area contributed by atoms with Crippen molar-refractivity contribution in [1.29, 1.82) is 0 Å². The first-order chi connectivity index (χ1) is 10.6. The van der Waals surface area contributed by atoms with Gasteiger partial charge in [-0.1, -0.05) is 37.1 Å². The van der Waals surface area contributed by atoms with Gasteiger partial charge < -0.3 is 19.5 Å². The summed E-state index contributed by atoms with van der Waals surface area (Å²) in [5.74, 6) is 0. The summed E-state index contributed by atoms with van der Waals surface area (Å²) >= 11 is 5.94. The Morgan fingerprint density at radius 3 is 3.14 bits per heavy atom. The number of hydrogen-bond acceptors (Lipinski definition) is 4. The molecule has 0 aliphatic carbocycles. The number of carbonyl (C=O) groups is 1. The smallest absolute Gasteiger partial charge is 0.409 e. The molecule has 0 aromatic heterocycles. The fourth-order valence-corrected chi connectivity index (χ4v) is 2.53. The maximum atomic E-state index is 12.0. The summed E-state index contributed by atoms with van der Waals surface area (Å²) in [6.45, 7) is 3.63. The lowest BCUT2D eigenvalue weighted by atomic mass is 10.0. The summed E-state index contributed by atoms with van der Waals surface area (Å²) in [5.41, 5.74) is 0.679. The standard InChI is InChI=1S/C16H22ClNO4/c1-2-3-8-22-16(20)18-7-9-21-14(11-18)15(19)12-5-4-6-13(17)10-12/h4-6,10,14-15,19H,2-3,7-9,11H2,1H3/t14?,15-/m0/s1. The van der Waals surface area contributed by atoms with Crippen LogP contribution in [0, 0.1) is 0 Å². The Kier molecular flexibility index (Phi) is 6.49. The average molecular weight is 328 g/mol. The van der Waals surface area contributed by atoms with Gasteiger partial charge in [-0.3, -0.25) is 0 Å². The Hall–Kier alpha value is -1.30. The van der Waals surface area contributed by atoms with Gasteiger partial charge in [-0.15, -0.1) is 0 Å². The summed E-state index contributed by atoms with van der Waals surface area (Å²) in [6, 6.07) is 7.02. The molecule has 1 aliphatic rings. The predicted octanol–water partition coefficient (Wildman–Crippen LogP) is 3.01. The minimum absolute atomic E-state index is 0.304. The van der Waals surface area contributed by atoms with Gasteiger partial charge in [0, 0.05) is 11.6 Å². The first kappa shape index (κ1) is 17.1. The molecule has 1 aliphatic heterocycles. The molecule has 0 spiro atoms. The molecule has 1 unspecified atom stereocenters. The van der Waals surface area contributed by atoms with Crippen LogP contribution in [0.25, 0.3) is 0 Å². The van der Waals surface area contributed by atoms with Crippen molar-refractivity contribution >= 4 is 17.7 Å². The molecule has 1 amide bonds. The van der Waals surface area contributed by atoms with E-state index in [2.05, 4.69) is 0 Å². The van der Waals surface area contributed by atoms with E-state index in [0.29, 0.717) is 36.9 Å². The lowest BCUT2D eigenvalue weighted by molar-refractivity contribution is -0.0857. The number of unbranched alkanes of at least 4 members (excludes halogenated alkanes) is 1. The van der Waals surface area contributed by atoms with Gasteiger partial charge >= 0.3 is 6.09 Å². The van der Waals surface area contributed by atoms with E-state index >= 15 is 0 Å². The lowest BCUT2D eigenvalue weighted by Gasteiger charge is -2.34. The van der Waals surface area contributed by atoms with Crippen molar-refractivity contribution in [3.8, 4) is 0 Å². The number of amides is 1. The van der Waals surface area contributed by atoms with Crippen molar-refractivity contribution in [3.63, 3.8) is 0 Å². The van der Waals surface area contributed by atoms with Crippen molar-refractivity contribution in [2.75, 3.05) is 26.3 Å². The van der Waals surface area contributed by atoms with Crippen LogP contribution in [0.1, 0.15) is 31.4 Å². The van der Waals surface area contributed by atoms with Gasteiger partial charge in [0.25, 0.3) is 0 Å². The molecule has 2 rings (SSSR count). The van der Waals surface area contributed by atoms with Crippen LogP contribution in [0.2, 0.25) is 5.02 Å². The minimum Gasteiger partial charge on any atom is -0.449 e. The second kappa shape index (κ2) is 8.36. The van der Waals surface area contributed by atoms with E-state index in [9.17, 15) is 9.90 Å². The average Bonchev–Trinajstić information content (AvgIpc) is 2.54. The van der Waals surface area contributed by atoms with E-state index in [0.717, 1.165) is 12.8 Å². The fraction of sp³-hybridized carbons (Fsp3) is 0.562. The van der Waals surface area contributed by atoms with E-state index in [4.69, 9.17) is 21.1 Å². The number of ether oxygens (including phenoxy) is 2. The Labute approximate surface area is 135 Å². The largest absolute Gasteiger partial charge is 0.449 e. The SMILES string of the molecule is CCCCOC(=O)N1CCOC([C@@H](O)c2cccc(Cl)c2)C1. The third-order valence-corrected chi connectivity index (χ3v) is 3.85.